The first kappa shape index (κ1) is 13.4. The maximum absolute atomic E-state index is 12.0. The number of carbonyl (C=O) groups excluding carboxylic acids is 1. The lowest BCUT2D eigenvalue weighted by Crippen LogP contribution is -2.28. The van der Waals surface area contributed by atoms with Gasteiger partial charge in [-0.1, -0.05) is 11.6 Å². The predicted molar refractivity (Wildman–Crippen MR) is 68.8 cm³/mol. The van der Waals surface area contributed by atoms with Crippen molar-refractivity contribution >= 4 is 17.5 Å². The summed E-state index contributed by atoms with van der Waals surface area (Å²) in [5, 5.41) is 7.43. The molecule has 0 aliphatic carbocycles. The molecule has 1 aliphatic heterocycles. The molecule has 2 rings (SSSR count). The van der Waals surface area contributed by atoms with E-state index in [1.807, 2.05) is 0 Å². The van der Waals surface area contributed by atoms with Crippen molar-refractivity contribution in [3.63, 3.8) is 0 Å². The van der Waals surface area contributed by atoms with Gasteiger partial charge in [0.05, 0.1) is 10.7 Å². The Labute approximate surface area is 111 Å². The molecule has 6 heteroatoms. The number of rotatable bonds is 4. The van der Waals surface area contributed by atoms with Gasteiger partial charge in [0.1, 0.15) is 5.69 Å². The Morgan fingerprint density at radius 1 is 1.67 bits per heavy atom. The molecule has 1 amide bonds. The molecule has 2 heterocycles. The quantitative estimate of drug-likeness (QED) is 0.904. The molecule has 0 saturated carbocycles. The molecule has 18 heavy (non-hydrogen) atoms. The highest BCUT2D eigenvalue weighted by Gasteiger charge is 2.19. The standard InChI is InChI=1S/C12H18ClN3O2/c1-8-10(13)11(16(2)15-8)12(17)14-5-3-9-4-6-18-7-9/h9H,3-7H2,1-2H3,(H,14,17). The van der Waals surface area contributed by atoms with E-state index in [2.05, 4.69) is 10.4 Å². The van der Waals surface area contributed by atoms with E-state index >= 15 is 0 Å². The highest BCUT2D eigenvalue weighted by atomic mass is 35.5. The molecule has 1 aliphatic rings. The number of carbonyl (C=O) groups is 1. The van der Waals surface area contributed by atoms with Gasteiger partial charge < -0.3 is 10.1 Å². The van der Waals surface area contributed by atoms with Gasteiger partial charge in [0.15, 0.2) is 0 Å². The molecule has 1 aromatic rings. The Hall–Kier alpha value is -1.07. The van der Waals surface area contributed by atoms with E-state index in [9.17, 15) is 4.79 Å². The monoisotopic (exact) mass is 271 g/mol. The number of aromatic nitrogens is 2. The van der Waals surface area contributed by atoms with Crippen LogP contribution in [0.3, 0.4) is 0 Å². The van der Waals surface area contributed by atoms with Crippen molar-refractivity contribution in [1.29, 1.82) is 0 Å². The molecule has 100 valence electrons. The summed E-state index contributed by atoms with van der Waals surface area (Å²) in [6, 6.07) is 0. The van der Waals surface area contributed by atoms with E-state index in [4.69, 9.17) is 16.3 Å². The largest absolute Gasteiger partial charge is 0.381 e. The SMILES string of the molecule is Cc1nn(C)c(C(=O)NCCC2CCOC2)c1Cl. The van der Waals surface area contributed by atoms with Crippen LogP contribution in [-0.4, -0.2) is 35.4 Å². The highest BCUT2D eigenvalue weighted by molar-refractivity contribution is 6.34. The fourth-order valence-corrected chi connectivity index (χ4v) is 2.41. The Balaban J connectivity index is 1.87. The zero-order valence-electron chi connectivity index (χ0n) is 10.7. The van der Waals surface area contributed by atoms with Crippen molar-refractivity contribution in [3.05, 3.63) is 16.4 Å². The smallest absolute Gasteiger partial charge is 0.271 e. The third kappa shape index (κ3) is 2.84. The van der Waals surface area contributed by atoms with Crippen molar-refractivity contribution in [3.8, 4) is 0 Å². The first-order valence-corrected chi connectivity index (χ1v) is 6.52. The zero-order valence-corrected chi connectivity index (χ0v) is 11.5. The molecule has 0 radical (unpaired) electrons. The van der Waals surface area contributed by atoms with Gasteiger partial charge in [0, 0.05) is 26.8 Å². The van der Waals surface area contributed by atoms with Gasteiger partial charge in [0.25, 0.3) is 5.91 Å². The first-order chi connectivity index (χ1) is 8.59. The summed E-state index contributed by atoms with van der Waals surface area (Å²) in [4.78, 5) is 12.0. The Morgan fingerprint density at radius 3 is 3.00 bits per heavy atom. The molecule has 0 aromatic carbocycles. The molecule has 1 unspecified atom stereocenters. The summed E-state index contributed by atoms with van der Waals surface area (Å²) in [6.45, 7) is 4.08. The van der Waals surface area contributed by atoms with Crippen LogP contribution < -0.4 is 5.32 Å². The highest BCUT2D eigenvalue weighted by Crippen LogP contribution is 2.19. The number of amides is 1. The number of hydrogen-bond acceptors (Lipinski definition) is 3. The minimum atomic E-state index is -0.165. The number of ether oxygens (including phenoxy) is 1. The van der Waals surface area contributed by atoms with Crippen LogP contribution in [0.1, 0.15) is 29.0 Å². The van der Waals surface area contributed by atoms with E-state index in [0.29, 0.717) is 28.9 Å². The first-order valence-electron chi connectivity index (χ1n) is 6.14. The Bertz CT molecular complexity index is 439. The van der Waals surface area contributed by atoms with Gasteiger partial charge in [-0.2, -0.15) is 5.10 Å². The maximum atomic E-state index is 12.0. The summed E-state index contributed by atoms with van der Waals surface area (Å²) in [6.07, 6.45) is 2.03. The van der Waals surface area contributed by atoms with Crippen LogP contribution in [0.5, 0.6) is 0 Å². The molecule has 1 aromatic heterocycles. The van der Waals surface area contributed by atoms with E-state index in [-0.39, 0.29) is 5.91 Å². The van der Waals surface area contributed by atoms with Gasteiger partial charge in [-0.3, -0.25) is 9.48 Å². The van der Waals surface area contributed by atoms with E-state index in [1.54, 1.807) is 14.0 Å². The topological polar surface area (TPSA) is 56.2 Å². The van der Waals surface area contributed by atoms with E-state index < -0.39 is 0 Å². The van der Waals surface area contributed by atoms with Gasteiger partial charge >= 0.3 is 0 Å². The lowest BCUT2D eigenvalue weighted by Gasteiger charge is -2.09. The lowest BCUT2D eigenvalue weighted by molar-refractivity contribution is 0.0941. The average Bonchev–Trinajstić information content (AvgIpc) is 2.89. The van der Waals surface area contributed by atoms with Crippen molar-refractivity contribution in [2.24, 2.45) is 13.0 Å². The lowest BCUT2D eigenvalue weighted by atomic mass is 10.1. The molecule has 5 nitrogen and oxygen atoms in total. The normalized spacial score (nSPS) is 19.2. The van der Waals surface area contributed by atoms with Gasteiger partial charge in [0.2, 0.25) is 0 Å². The summed E-state index contributed by atoms with van der Waals surface area (Å²) in [7, 11) is 1.72. The number of aryl methyl sites for hydroxylation is 2. The summed E-state index contributed by atoms with van der Waals surface area (Å²) in [5.74, 6) is 0.399. The molecule has 1 N–H and O–H groups in total. The molecule has 1 fully saturated rings. The molecular weight excluding hydrogens is 254 g/mol. The third-order valence-corrected chi connectivity index (χ3v) is 3.68. The fraction of sp³-hybridized carbons (Fsp3) is 0.667. The van der Waals surface area contributed by atoms with Crippen molar-refractivity contribution < 1.29 is 9.53 Å². The third-order valence-electron chi connectivity index (χ3n) is 3.23. The molecule has 0 spiro atoms. The summed E-state index contributed by atoms with van der Waals surface area (Å²) >= 11 is 6.05. The van der Waals surface area contributed by atoms with Crippen molar-refractivity contribution in [2.75, 3.05) is 19.8 Å². The van der Waals surface area contributed by atoms with Crippen LogP contribution in [0.2, 0.25) is 5.02 Å². The molecular formula is C12H18ClN3O2. The summed E-state index contributed by atoms with van der Waals surface area (Å²) in [5.41, 5.74) is 1.10. The van der Waals surface area contributed by atoms with Crippen LogP contribution in [0.4, 0.5) is 0 Å². The van der Waals surface area contributed by atoms with Crippen molar-refractivity contribution in [2.45, 2.75) is 19.8 Å². The van der Waals surface area contributed by atoms with Crippen molar-refractivity contribution in [1.82, 2.24) is 15.1 Å². The second-order valence-electron chi connectivity index (χ2n) is 4.65. The average molecular weight is 272 g/mol. The predicted octanol–water partition coefficient (Wildman–Crippen LogP) is 1.54. The number of nitrogens with one attached hydrogen (secondary N) is 1. The Kier molecular flexibility index (Phi) is 4.24. The summed E-state index contributed by atoms with van der Waals surface area (Å²) < 4.78 is 6.81. The van der Waals surface area contributed by atoms with Crippen LogP contribution in [0.25, 0.3) is 0 Å². The minimum Gasteiger partial charge on any atom is -0.381 e. The maximum Gasteiger partial charge on any atom is 0.271 e. The minimum absolute atomic E-state index is 0.165. The fourth-order valence-electron chi connectivity index (χ4n) is 2.16. The Morgan fingerprint density at radius 2 is 2.44 bits per heavy atom. The molecule has 1 saturated heterocycles. The van der Waals surface area contributed by atoms with Gasteiger partial charge in [-0.25, -0.2) is 0 Å². The van der Waals surface area contributed by atoms with Crippen LogP contribution in [0, 0.1) is 12.8 Å². The number of halogens is 1. The van der Waals surface area contributed by atoms with Crippen LogP contribution in [-0.2, 0) is 11.8 Å². The zero-order chi connectivity index (χ0) is 13.1. The van der Waals surface area contributed by atoms with Gasteiger partial charge in [-0.15, -0.1) is 0 Å². The molecule has 0 bridgehead atoms. The van der Waals surface area contributed by atoms with E-state index in [1.165, 1.54) is 4.68 Å². The van der Waals surface area contributed by atoms with E-state index in [0.717, 1.165) is 26.1 Å². The second kappa shape index (κ2) is 5.71. The van der Waals surface area contributed by atoms with Crippen LogP contribution >= 0.6 is 11.6 Å². The number of nitrogens with zero attached hydrogens (tertiary/aromatic N) is 2. The second-order valence-corrected chi connectivity index (χ2v) is 5.02. The number of hydrogen-bond donors (Lipinski definition) is 1. The molecule has 1 atom stereocenters. The van der Waals surface area contributed by atoms with Crippen LogP contribution in [0.15, 0.2) is 0 Å². The van der Waals surface area contributed by atoms with Gasteiger partial charge in [-0.05, 0) is 25.7 Å².